The van der Waals surface area contributed by atoms with E-state index in [1.807, 2.05) is 146 Å². The molecule has 0 radical (unpaired) electrons. The van der Waals surface area contributed by atoms with Crippen LogP contribution >= 0.6 is 0 Å². The maximum Gasteiger partial charge on any atom is 0.340 e. The van der Waals surface area contributed by atoms with Crippen LogP contribution in [0.1, 0.15) is 0 Å². The minimum absolute atomic E-state index is 0.545. The monoisotopic (exact) mass is 716 g/mol. The fraction of sp³-hybridized carbons (Fsp3) is 0.0952. The third-order valence-electron chi connectivity index (χ3n) is 8.91. The molecule has 0 fully saturated rings. The van der Waals surface area contributed by atoms with E-state index in [0.29, 0.717) is 34.5 Å². The van der Waals surface area contributed by atoms with Crippen molar-refractivity contribution in [2.75, 3.05) is 28.4 Å². The fourth-order valence-electron chi connectivity index (χ4n) is 6.09. The lowest BCUT2D eigenvalue weighted by Crippen LogP contribution is -2.43. The highest BCUT2D eigenvalue weighted by molar-refractivity contribution is 5.70. The Balaban J connectivity index is 1.19. The van der Waals surface area contributed by atoms with Crippen LogP contribution in [0.5, 0.6) is 23.0 Å². The zero-order valence-corrected chi connectivity index (χ0v) is 30.1. The molecular weight excluding hydrogens is 681 g/mol. The molecule has 0 spiro atoms. The van der Waals surface area contributed by atoms with Crippen molar-refractivity contribution in [3.8, 4) is 79.7 Å². The molecule has 0 N–H and O–H groups in total. The minimum Gasteiger partial charge on any atom is -0.497 e. The number of methoxy groups -OCH3 is 4. The van der Waals surface area contributed by atoms with Gasteiger partial charge in [-0.25, -0.2) is 0 Å². The van der Waals surface area contributed by atoms with E-state index < -0.39 is 0 Å². The van der Waals surface area contributed by atoms with E-state index >= 15 is 0 Å². The van der Waals surface area contributed by atoms with Crippen LogP contribution in [0.2, 0.25) is 0 Å². The highest BCUT2D eigenvalue weighted by atomic mass is 16.5. The van der Waals surface area contributed by atoms with Crippen molar-refractivity contribution < 1.29 is 28.5 Å². The molecule has 8 rings (SSSR count). The van der Waals surface area contributed by atoms with E-state index in [-0.39, 0.29) is 0 Å². The molecule has 0 aliphatic rings. The largest absolute Gasteiger partial charge is 0.497 e. The lowest BCUT2D eigenvalue weighted by atomic mass is 10.0. The number of tetrazole rings is 2. The van der Waals surface area contributed by atoms with Crippen LogP contribution < -0.4 is 28.5 Å². The Morgan fingerprint density at radius 2 is 0.778 bits per heavy atom. The van der Waals surface area contributed by atoms with Crippen molar-refractivity contribution >= 4 is 0 Å². The molecule has 0 aliphatic heterocycles. The average Bonchev–Trinajstić information content (AvgIpc) is 3.90. The van der Waals surface area contributed by atoms with Crippen LogP contribution in [0.15, 0.2) is 146 Å². The highest BCUT2D eigenvalue weighted by Crippen LogP contribution is 2.32. The maximum atomic E-state index is 5.99. The summed E-state index contributed by atoms with van der Waals surface area (Å²) in [7, 11) is 6.58. The van der Waals surface area contributed by atoms with E-state index in [0.717, 1.165) is 45.1 Å². The van der Waals surface area contributed by atoms with E-state index in [1.54, 1.807) is 47.6 Å². The van der Waals surface area contributed by atoms with Gasteiger partial charge in [0.2, 0.25) is 11.4 Å². The Morgan fingerprint density at radius 1 is 0.407 bits per heavy atom. The van der Waals surface area contributed by atoms with Gasteiger partial charge in [-0.1, -0.05) is 36.4 Å². The Morgan fingerprint density at radius 3 is 1.13 bits per heavy atom. The lowest BCUT2D eigenvalue weighted by molar-refractivity contribution is -0.734. The molecule has 6 aromatic carbocycles. The number of benzene rings is 6. The summed E-state index contributed by atoms with van der Waals surface area (Å²) < 4.78 is 22.7. The van der Waals surface area contributed by atoms with Gasteiger partial charge in [0, 0.05) is 9.59 Å². The van der Waals surface area contributed by atoms with E-state index in [9.17, 15) is 0 Å². The first-order valence-corrected chi connectivity index (χ1v) is 17.1. The Labute approximate surface area is 311 Å². The van der Waals surface area contributed by atoms with Gasteiger partial charge < -0.3 is 18.9 Å². The normalized spacial score (nSPS) is 11.0. The quantitative estimate of drug-likeness (QED) is 0.141. The molecule has 0 unspecified atom stereocenters. The number of nitrogens with zero attached hydrogens (tertiary/aromatic N) is 8. The second kappa shape index (κ2) is 14.7. The van der Waals surface area contributed by atoms with E-state index in [4.69, 9.17) is 39.3 Å². The first kappa shape index (κ1) is 33.8. The van der Waals surface area contributed by atoms with Gasteiger partial charge in [0.05, 0.1) is 49.8 Å². The molecule has 0 saturated heterocycles. The fourth-order valence-corrected chi connectivity index (χ4v) is 6.09. The summed E-state index contributed by atoms with van der Waals surface area (Å²) in [5.74, 6) is 3.81. The molecule has 2 aromatic heterocycles. The molecule has 0 atom stereocenters. The van der Waals surface area contributed by atoms with Crippen LogP contribution in [0.25, 0.3) is 56.7 Å². The zero-order valence-electron chi connectivity index (χ0n) is 30.1. The summed E-state index contributed by atoms with van der Waals surface area (Å²) in [6.07, 6.45) is 0. The smallest absolute Gasteiger partial charge is 0.340 e. The number of para-hydroxylation sites is 2. The van der Waals surface area contributed by atoms with Crippen LogP contribution in [0.4, 0.5) is 0 Å². The van der Waals surface area contributed by atoms with Crippen molar-refractivity contribution in [2.24, 2.45) is 0 Å². The number of rotatable bonds is 11. The molecule has 12 heteroatoms. The highest BCUT2D eigenvalue weighted by Gasteiger charge is 2.28. The number of hydrogen-bond donors (Lipinski definition) is 0. The van der Waals surface area contributed by atoms with Crippen molar-refractivity contribution in [1.82, 2.24) is 30.0 Å². The van der Waals surface area contributed by atoms with E-state index in [1.165, 1.54) is 0 Å². The van der Waals surface area contributed by atoms with Gasteiger partial charge in [-0.05, 0) is 140 Å². The van der Waals surface area contributed by atoms with Crippen molar-refractivity contribution in [3.05, 3.63) is 146 Å². The van der Waals surface area contributed by atoms with Gasteiger partial charge in [0.1, 0.15) is 22.9 Å². The second-order valence-corrected chi connectivity index (χ2v) is 12.1. The van der Waals surface area contributed by atoms with Crippen LogP contribution in [-0.4, -0.2) is 58.4 Å². The Kier molecular flexibility index (Phi) is 9.21. The second-order valence-electron chi connectivity index (χ2n) is 12.1. The predicted molar refractivity (Wildman–Crippen MR) is 202 cm³/mol. The molecule has 0 bridgehead atoms. The lowest BCUT2D eigenvalue weighted by Gasteiger charge is -2.11. The van der Waals surface area contributed by atoms with Crippen molar-refractivity contribution in [3.63, 3.8) is 0 Å². The van der Waals surface area contributed by atoms with Crippen LogP contribution in [0.3, 0.4) is 0 Å². The van der Waals surface area contributed by atoms with Crippen LogP contribution in [0, 0.1) is 0 Å². The molecule has 266 valence electrons. The molecular formula is C42H36N8O4+2. The molecule has 0 amide bonds. The third-order valence-corrected chi connectivity index (χ3v) is 8.91. The zero-order chi connectivity index (χ0) is 37.0. The summed E-state index contributed by atoms with van der Waals surface area (Å²) >= 11 is 0. The Hall–Kier alpha value is -7.34. The van der Waals surface area contributed by atoms with Crippen LogP contribution in [-0.2, 0) is 0 Å². The first-order chi connectivity index (χ1) is 26.6. The van der Waals surface area contributed by atoms with Gasteiger partial charge >= 0.3 is 11.6 Å². The van der Waals surface area contributed by atoms with Gasteiger partial charge in [0.25, 0.3) is 0 Å². The standard InChI is InChI=1S/C42H36N8O4/c1-51-35-21-15-29(16-22-35)41-43-47(33-11-7-5-8-12-33)49(45-41)37-25-19-31(27-39(37)53-3)32-20-26-38(40(28-32)54-4)50-46-42(30-17-23-36(52-2)24-18-30)44-48(50)34-13-9-6-10-14-34/h5-28H,1-4H3/q+2. The topological polar surface area (TPSA) is 106 Å². The minimum atomic E-state index is 0.545. The molecule has 0 saturated carbocycles. The first-order valence-electron chi connectivity index (χ1n) is 17.1. The maximum absolute atomic E-state index is 5.99. The van der Waals surface area contributed by atoms with Gasteiger partial charge in [0.15, 0.2) is 11.5 Å². The Bertz CT molecular complexity index is 2360. The molecule has 54 heavy (non-hydrogen) atoms. The number of aromatic nitrogens is 8. The summed E-state index contributed by atoms with van der Waals surface area (Å²) in [5, 5.41) is 19.7. The number of ether oxygens (including phenoxy) is 4. The predicted octanol–water partition coefficient (Wildman–Crippen LogP) is 6.44. The summed E-state index contributed by atoms with van der Waals surface area (Å²) in [5.41, 5.74) is 6.61. The molecule has 0 aliphatic carbocycles. The molecule has 8 aromatic rings. The summed E-state index contributed by atoms with van der Waals surface area (Å²) in [4.78, 5) is 7.01. The van der Waals surface area contributed by atoms with Gasteiger partial charge in [-0.15, -0.1) is 0 Å². The van der Waals surface area contributed by atoms with Crippen molar-refractivity contribution in [1.29, 1.82) is 0 Å². The van der Waals surface area contributed by atoms with Gasteiger partial charge in [-0.3, -0.25) is 0 Å². The molecule has 2 heterocycles. The summed E-state index contributed by atoms with van der Waals surface area (Å²) in [6.45, 7) is 0. The number of hydrogen-bond acceptors (Lipinski definition) is 8. The van der Waals surface area contributed by atoms with Gasteiger partial charge in [-0.2, -0.15) is 0 Å². The third kappa shape index (κ3) is 6.48. The van der Waals surface area contributed by atoms with E-state index in [2.05, 4.69) is 0 Å². The summed E-state index contributed by atoms with van der Waals surface area (Å²) in [6, 6.07) is 47.0. The average molecular weight is 717 g/mol. The SMILES string of the molecule is COc1ccc(-c2nn(-c3ccccc3)[n+](-c3ccc(-c4ccc(-[n+]5nc(-c6ccc(OC)cc6)nn5-c5ccccc5)c(OC)c4)cc3OC)n2)cc1. The molecule has 12 nitrogen and oxygen atoms in total. The van der Waals surface area contributed by atoms with Crippen molar-refractivity contribution in [2.45, 2.75) is 0 Å².